The summed E-state index contributed by atoms with van der Waals surface area (Å²) in [5.74, 6) is -0.734. The summed E-state index contributed by atoms with van der Waals surface area (Å²) in [4.78, 5) is 24.4. The summed E-state index contributed by atoms with van der Waals surface area (Å²) in [7, 11) is 0. The van der Waals surface area contributed by atoms with E-state index < -0.39 is 11.7 Å². The average Bonchev–Trinajstić information content (AvgIpc) is 2.35. The van der Waals surface area contributed by atoms with E-state index in [1.807, 2.05) is 0 Å². The van der Waals surface area contributed by atoms with E-state index in [0.717, 1.165) is 0 Å². The van der Waals surface area contributed by atoms with Crippen molar-refractivity contribution in [3.05, 3.63) is 41.7 Å². The Bertz CT molecular complexity index is 505. The van der Waals surface area contributed by atoms with Crippen molar-refractivity contribution in [2.75, 3.05) is 17.6 Å². The Morgan fingerprint density at radius 1 is 1.44 bits per heavy atom. The smallest absolute Gasteiger partial charge is 0.244 e. The van der Waals surface area contributed by atoms with Gasteiger partial charge in [-0.25, -0.2) is 4.39 Å². The van der Waals surface area contributed by atoms with Crippen LogP contribution < -0.4 is 5.32 Å². The molecular formula is C12H11FN2O2S. The predicted octanol–water partition coefficient (Wildman–Crippen LogP) is 1.81. The molecule has 2 rings (SSSR count). The van der Waals surface area contributed by atoms with Crippen molar-refractivity contribution in [2.24, 2.45) is 0 Å². The van der Waals surface area contributed by atoms with Crippen LogP contribution in [0.4, 0.5) is 10.1 Å². The third-order valence-corrected chi connectivity index (χ3v) is 3.05. The Hall–Kier alpha value is -1.82. The summed E-state index contributed by atoms with van der Waals surface area (Å²) in [6.45, 7) is -0.107. The molecule has 1 aliphatic rings. The second-order valence-electron chi connectivity index (χ2n) is 3.65. The van der Waals surface area contributed by atoms with Crippen LogP contribution in [0.25, 0.3) is 0 Å². The van der Waals surface area contributed by atoms with Gasteiger partial charge >= 0.3 is 0 Å². The van der Waals surface area contributed by atoms with Gasteiger partial charge in [0.1, 0.15) is 12.4 Å². The van der Waals surface area contributed by atoms with Crippen molar-refractivity contribution in [3.63, 3.8) is 0 Å². The number of rotatable bonds is 3. The minimum Gasteiger partial charge on any atom is -0.322 e. The van der Waals surface area contributed by atoms with E-state index in [1.165, 1.54) is 28.8 Å². The van der Waals surface area contributed by atoms with Crippen molar-refractivity contribution in [1.82, 2.24) is 4.90 Å². The van der Waals surface area contributed by atoms with Gasteiger partial charge in [-0.05, 0) is 17.5 Å². The molecule has 0 saturated carbocycles. The topological polar surface area (TPSA) is 49.4 Å². The van der Waals surface area contributed by atoms with Crippen LogP contribution in [0, 0.1) is 5.82 Å². The van der Waals surface area contributed by atoms with Gasteiger partial charge < -0.3 is 10.2 Å². The molecule has 4 nitrogen and oxygen atoms in total. The Kier molecular flexibility index (Phi) is 3.99. The van der Waals surface area contributed by atoms with Gasteiger partial charge in [-0.1, -0.05) is 12.1 Å². The molecule has 0 saturated heterocycles. The minimum atomic E-state index is -0.498. The number of amides is 2. The third-order valence-electron chi connectivity index (χ3n) is 2.33. The molecule has 6 heteroatoms. The number of halogens is 1. The second kappa shape index (κ2) is 5.68. The summed E-state index contributed by atoms with van der Waals surface area (Å²) in [6.07, 6.45) is 1.55. The Labute approximate surface area is 108 Å². The lowest BCUT2D eigenvalue weighted by Gasteiger charge is -2.20. The number of carbonyl (C=O) groups is 2. The average molecular weight is 266 g/mol. The highest BCUT2D eigenvalue weighted by atomic mass is 32.2. The molecule has 18 heavy (non-hydrogen) atoms. The number of carbonyl (C=O) groups excluding carboxylic acids is 2. The van der Waals surface area contributed by atoms with Gasteiger partial charge in [0.25, 0.3) is 0 Å². The van der Waals surface area contributed by atoms with Gasteiger partial charge in [0.15, 0.2) is 0 Å². The van der Waals surface area contributed by atoms with Crippen LogP contribution in [-0.2, 0) is 9.59 Å². The molecule has 0 radical (unpaired) electrons. The Morgan fingerprint density at radius 3 is 2.94 bits per heavy atom. The number of para-hydroxylation sites is 1. The van der Waals surface area contributed by atoms with E-state index in [2.05, 4.69) is 5.32 Å². The molecule has 0 atom stereocenters. The van der Waals surface area contributed by atoms with Crippen LogP contribution in [-0.4, -0.2) is 29.0 Å². The fourth-order valence-electron chi connectivity index (χ4n) is 1.45. The van der Waals surface area contributed by atoms with Crippen LogP contribution in [0.2, 0.25) is 0 Å². The summed E-state index contributed by atoms with van der Waals surface area (Å²) in [5.41, 5.74) is 0.116. The van der Waals surface area contributed by atoms with E-state index in [4.69, 9.17) is 0 Å². The third kappa shape index (κ3) is 3.10. The molecule has 0 bridgehead atoms. The highest BCUT2D eigenvalue weighted by Crippen LogP contribution is 2.14. The number of anilines is 1. The maximum absolute atomic E-state index is 13.3. The van der Waals surface area contributed by atoms with E-state index in [1.54, 1.807) is 23.7 Å². The normalized spacial score (nSPS) is 14.7. The zero-order valence-corrected chi connectivity index (χ0v) is 10.2. The van der Waals surface area contributed by atoms with E-state index in [9.17, 15) is 14.0 Å². The van der Waals surface area contributed by atoms with Gasteiger partial charge in [-0.15, -0.1) is 11.8 Å². The molecule has 0 spiro atoms. The standard InChI is InChI=1S/C12H11FN2O2S/c13-9-3-1-2-4-10(9)14-11(16)7-15-5-6-18-8-12(15)17/h1-6H,7-8H2,(H,14,16). The van der Waals surface area contributed by atoms with Crippen molar-refractivity contribution < 1.29 is 14.0 Å². The van der Waals surface area contributed by atoms with Crippen LogP contribution in [0.15, 0.2) is 35.9 Å². The zero-order chi connectivity index (χ0) is 13.0. The lowest BCUT2D eigenvalue weighted by atomic mass is 10.3. The van der Waals surface area contributed by atoms with E-state index in [0.29, 0.717) is 5.75 Å². The Morgan fingerprint density at radius 2 is 2.22 bits per heavy atom. The molecular weight excluding hydrogens is 255 g/mol. The van der Waals surface area contributed by atoms with Crippen molar-refractivity contribution in [2.45, 2.75) is 0 Å². The first kappa shape index (κ1) is 12.6. The first-order valence-corrected chi connectivity index (χ1v) is 6.34. The van der Waals surface area contributed by atoms with Crippen LogP contribution in [0.5, 0.6) is 0 Å². The van der Waals surface area contributed by atoms with Gasteiger partial charge in [0, 0.05) is 6.20 Å². The summed E-state index contributed by atoms with van der Waals surface area (Å²) in [5, 5.41) is 4.18. The van der Waals surface area contributed by atoms with Gasteiger partial charge in [0.05, 0.1) is 11.4 Å². The number of thioether (sulfide) groups is 1. The van der Waals surface area contributed by atoms with Gasteiger partial charge in [-0.3, -0.25) is 9.59 Å². The van der Waals surface area contributed by atoms with Crippen molar-refractivity contribution >= 4 is 29.3 Å². The molecule has 2 amide bonds. The number of nitrogens with zero attached hydrogens (tertiary/aromatic N) is 1. The maximum Gasteiger partial charge on any atom is 0.244 e. The quantitative estimate of drug-likeness (QED) is 0.907. The molecule has 0 aliphatic carbocycles. The minimum absolute atomic E-state index is 0.107. The highest BCUT2D eigenvalue weighted by molar-refractivity contribution is 8.02. The maximum atomic E-state index is 13.3. The highest BCUT2D eigenvalue weighted by Gasteiger charge is 2.17. The van der Waals surface area contributed by atoms with E-state index >= 15 is 0 Å². The van der Waals surface area contributed by atoms with Gasteiger partial charge in [0.2, 0.25) is 11.8 Å². The summed E-state index contributed by atoms with van der Waals surface area (Å²) < 4.78 is 13.3. The predicted molar refractivity (Wildman–Crippen MR) is 68.3 cm³/mol. The Balaban J connectivity index is 1.97. The largest absolute Gasteiger partial charge is 0.322 e. The number of hydrogen-bond acceptors (Lipinski definition) is 3. The zero-order valence-electron chi connectivity index (χ0n) is 9.43. The van der Waals surface area contributed by atoms with Crippen LogP contribution in [0.3, 0.4) is 0 Å². The van der Waals surface area contributed by atoms with Gasteiger partial charge in [-0.2, -0.15) is 0 Å². The summed E-state index contributed by atoms with van der Waals surface area (Å²) >= 11 is 1.38. The molecule has 0 aromatic heterocycles. The lowest BCUT2D eigenvalue weighted by Crippen LogP contribution is -2.36. The molecule has 1 aromatic rings. The second-order valence-corrected chi connectivity index (χ2v) is 4.54. The molecule has 0 fully saturated rings. The molecule has 1 heterocycles. The molecule has 94 valence electrons. The molecule has 1 aliphatic heterocycles. The fourth-order valence-corrected chi connectivity index (χ4v) is 2.09. The number of hydrogen-bond donors (Lipinski definition) is 1. The van der Waals surface area contributed by atoms with Crippen LogP contribution in [0.1, 0.15) is 0 Å². The first-order valence-electron chi connectivity index (χ1n) is 5.29. The van der Waals surface area contributed by atoms with Crippen molar-refractivity contribution in [3.8, 4) is 0 Å². The fraction of sp³-hybridized carbons (Fsp3) is 0.167. The lowest BCUT2D eigenvalue weighted by molar-refractivity contribution is -0.129. The molecule has 0 unspecified atom stereocenters. The van der Waals surface area contributed by atoms with Crippen LogP contribution >= 0.6 is 11.8 Å². The molecule has 1 N–H and O–H groups in total. The SMILES string of the molecule is O=C(CN1C=CSCC1=O)Nc1ccccc1F. The number of benzene rings is 1. The molecule has 1 aromatic carbocycles. The number of nitrogens with one attached hydrogen (secondary N) is 1. The first-order chi connectivity index (χ1) is 8.66. The monoisotopic (exact) mass is 266 g/mol. The van der Waals surface area contributed by atoms with Crippen molar-refractivity contribution in [1.29, 1.82) is 0 Å². The van der Waals surface area contributed by atoms with E-state index in [-0.39, 0.29) is 18.1 Å². The summed E-state index contributed by atoms with van der Waals surface area (Å²) in [6, 6.07) is 5.90.